The topological polar surface area (TPSA) is 54.5 Å². The van der Waals surface area contributed by atoms with E-state index in [1.165, 1.54) is 5.56 Å². The Labute approximate surface area is 113 Å². The van der Waals surface area contributed by atoms with E-state index >= 15 is 0 Å². The maximum Gasteiger partial charge on any atom is 0.186 e. The Morgan fingerprint density at radius 3 is 2.32 bits per heavy atom. The van der Waals surface area contributed by atoms with Crippen LogP contribution in [0, 0.1) is 11.3 Å². The predicted octanol–water partition coefficient (Wildman–Crippen LogP) is 3.00. The molecule has 0 N–H and O–H groups in total. The standard InChI is InChI=1S/C15H18N4/c1-5-11-6-8-12(9-7-11)19-14(15(2,3)4)13(10-16)17-18-19/h6-9H,5H2,1-4H3. The first-order valence-corrected chi connectivity index (χ1v) is 6.43. The Balaban J connectivity index is 2.56. The van der Waals surface area contributed by atoms with Gasteiger partial charge in [-0.25, -0.2) is 4.68 Å². The summed E-state index contributed by atoms with van der Waals surface area (Å²) in [6.07, 6.45) is 1.01. The first-order valence-electron chi connectivity index (χ1n) is 6.43. The number of aromatic nitrogens is 3. The molecule has 0 fully saturated rings. The fourth-order valence-electron chi connectivity index (χ4n) is 2.08. The number of aryl methyl sites for hydroxylation is 1. The molecule has 2 aromatic rings. The molecule has 0 saturated heterocycles. The molecule has 19 heavy (non-hydrogen) atoms. The molecule has 1 heterocycles. The molecule has 0 aliphatic heterocycles. The van der Waals surface area contributed by atoms with E-state index < -0.39 is 0 Å². The molecule has 0 aliphatic rings. The molecular formula is C15H18N4. The van der Waals surface area contributed by atoms with E-state index in [2.05, 4.69) is 56.2 Å². The quantitative estimate of drug-likeness (QED) is 0.827. The zero-order valence-corrected chi connectivity index (χ0v) is 11.8. The third kappa shape index (κ3) is 2.50. The van der Waals surface area contributed by atoms with E-state index in [-0.39, 0.29) is 5.41 Å². The van der Waals surface area contributed by atoms with E-state index in [9.17, 15) is 0 Å². The van der Waals surface area contributed by atoms with Gasteiger partial charge in [-0.3, -0.25) is 0 Å². The Morgan fingerprint density at radius 1 is 1.21 bits per heavy atom. The van der Waals surface area contributed by atoms with Gasteiger partial charge in [-0.2, -0.15) is 5.26 Å². The molecule has 0 unspecified atom stereocenters. The second-order valence-corrected chi connectivity index (χ2v) is 5.58. The van der Waals surface area contributed by atoms with E-state index in [0.29, 0.717) is 5.69 Å². The van der Waals surface area contributed by atoms with E-state index in [4.69, 9.17) is 5.26 Å². The largest absolute Gasteiger partial charge is 0.216 e. The number of nitrogens with zero attached hydrogens (tertiary/aromatic N) is 4. The van der Waals surface area contributed by atoms with Crippen LogP contribution in [0.2, 0.25) is 0 Å². The van der Waals surface area contributed by atoms with Crippen LogP contribution in [0.15, 0.2) is 24.3 Å². The van der Waals surface area contributed by atoms with Gasteiger partial charge in [0.1, 0.15) is 6.07 Å². The van der Waals surface area contributed by atoms with Crippen molar-refractivity contribution in [1.29, 1.82) is 5.26 Å². The fraction of sp³-hybridized carbons (Fsp3) is 0.400. The van der Waals surface area contributed by atoms with Gasteiger partial charge in [0.05, 0.1) is 11.4 Å². The van der Waals surface area contributed by atoms with Crippen molar-refractivity contribution in [1.82, 2.24) is 15.0 Å². The van der Waals surface area contributed by atoms with E-state index in [0.717, 1.165) is 17.8 Å². The highest BCUT2D eigenvalue weighted by molar-refractivity contribution is 5.40. The predicted molar refractivity (Wildman–Crippen MR) is 74.2 cm³/mol. The lowest BCUT2D eigenvalue weighted by atomic mass is 9.90. The molecule has 0 bridgehead atoms. The van der Waals surface area contributed by atoms with Crippen molar-refractivity contribution in [3.8, 4) is 11.8 Å². The summed E-state index contributed by atoms with van der Waals surface area (Å²) in [6, 6.07) is 10.3. The average Bonchev–Trinajstić information content (AvgIpc) is 2.82. The zero-order valence-electron chi connectivity index (χ0n) is 11.8. The van der Waals surface area contributed by atoms with Crippen molar-refractivity contribution in [2.75, 3.05) is 0 Å². The summed E-state index contributed by atoms with van der Waals surface area (Å²) >= 11 is 0. The first kappa shape index (κ1) is 13.3. The van der Waals surface area contributed by atoms with Crippen LogP contribution in [0.1, 0.15) is 44.6 Å². The van der Waals surface area contributed by atoms with Crippen LogP contribution in [-0.4, -0.2) is 15.0 Å². The molecule has 2 rings (SSSR count). The number of hydrogen-bond acceptors (Lipinski definition) is 3. The van der Waals surface area contributed by atoms with Crippen LogP contribution in [0.25, 0.3) is 5.69 Å². The second kappa shape index (κ2) is 4.85. The van der Waals surface area contributed by atoms with Gasteiger partial charge in [0.25, 0.3) is 0 Å². The van der Waals surface area contributed by atoms with E-state index in [1.807, 2.05) is 12.1 Å². The van der Waals surface area contributed by atoms with Gasteiger partial charge >= 0.3 is 0 Å². The van der Waals surface area contributed by atoms with Crippen molar-refractivity contribution in [2.24, 2.45) is 0 Å². The Morgan fingerprint density at radius 2 is 1.84 bits per heavy atom. The number of benzene rings is 1. The highest BCUT2D eigenvalue weighted by Gasteiger charge is 2.26. The number of hydrogen-bond donors (Lipinski definition) is 0. The van der Waals surface area contributed by atoms with Crippen molar-refractivity contribution in [2.45, 2.75) is 39.5 Å². The molecule has 0 spiro atoms. The van der Waals surface area contributed by atoms with Crippen LogP contribution < -0.4 is 0 Å². The van der Waals surface area contributed by atoms with E-state index in [1.54, 1.807) is 4.68 Å². The molecule has 1 aromatic carbocycles. The molecule has 1 aromatic heterocycles. The summed E-state index contributed by atoms with van der Waals surface area (Å²) in [5, 5.41) is 17.3. The molecule has 0 atom stereocenters. The van der Waals surface area contributed by atoms with Crippen LogP contribution in [0.3, 0.4) is 0 Å². The van der Waals surface area contributed by atoms with Gasteiger partial charge < -0.3 is 0 Å². The van der Waals surface area contributed by atoms with Crippen molar-refractivity contribution >= 4 is 0 Å². The lowest BCUT2D eigenvalue weighted by Crippen LogP contribution is -2.19. The van der Waals surface area contributed by atoms with Gasteiger partial charge in [-0.15, -0.1) is 5.10 Å². The fourth-order valence-corrected chi connectivity index (χ4v) is 2.08. The Kier molecular flexibility index (Phi) is 3.39. The summed E-state index contributed by atoms with van der Waals surface area (Å²) in [6.45, 7) is 8.30. The maximum absolute atomic E-state index is 9.16. The molecular weight excluding hydrogens is 236 g/mol. The van der Waals surface area contributed by atoms with Gasteiger partial charge in [0.15, 0.2) is 5.69 Å². The number of nitriles is 1. The number of rotatable bonds is 2. The molecule has 0 saturated carbocycles. The van der Waals surface area contributed by atoms with Crippen molar-refractivity contribution in [3.05, 3.63) is 41.2 Å². The van der Waals surface area contributed by atoms with Crippen molar-refractivity contribution in [3.63, 3.8) is 0 Å². The second-order valence-electron chi connectivity index (χ2n) is 5.58. The monoisotopic (exact) mass is 254 g/mol. The van der Waals surface area contributed by atoms with Crippen LogP contribution in [-0.2, 0) is 11.8 Å². The summed E-state index contributed by atoms with van der Waals surface area (Å²) < 4.78 is 1.76. The van der Waals surface area contributed by atoms with Gasteiger partial charge in [0, 0.05) is 5.41 Å². The zero-order chi connectivity index (χ0) is 14.0. The van der Waals surface area contributed by atoms with Crippen molar-refractivity contribution < 1.29 is 0 Å². The third-order valence-corrected chi connectivity index (χ3v) is 3.08. The van der Waals surface area contributed by atoms with Gasteiger partial charge in [0.2, 0.25) is 0 Å². The highest BCUT2D eigenvalue weighted by Crippen LogP contribution is 2.26. The minimum Gasteiger partial charge on any atom is -0.216 e. The molecule has 0 radical (unpaired) electrons. The Hall–Kier alpha value is -2.15. The lowest BCUT2D eigenvalue weighted by Gasteiger charge is -2.19. The summed E-state index contributed by atoms with van der Waals surface area (Å²) in [4.78, 5) is 0. The Bertz CT molecular complexity index is 609. The summed E-state index contributed by atoms with van der Waals surface area (Å²) in [7, 11) is 0. The smallest absolute Gasteiger partial charge is 0.186 e. The first-order chi connectivity index (χ1) is 8.97. The molecule has 0 amide bonds. The normalized spacial score (nSPS) is 11.3. The SMILES string of the molecule is CCc1ccc(-n2nnc(C#N)c2C(C)(C)C)cc1. The molecule has 4 nitrogen and oxygen atoms in total. The third-order valence-electron chi connectivity index (χ3n) is 3.08. The minimum absolute atomic E-state index is 0.183. The minimum atomic E-state index is -0.183. The molecule has 4 heteroatoms. The lowest BCUT2D eigenvalue weighted by molar-refractivity contribution is 0.541. The molecule has 0 aliphatic carbocycles. The maximum atomic E-state index is 9.16. The van der Waals surface area contributed by atoms with Gasteiger partial charge in [-0.05, 0) is 24.1 Å². The summed E-state index contributed by atoms with van der Waals surface area (Å²) in [5.41, 5.74) is 3.28. The van der Waals surface area contributed by atoms with Crippen LogP contribution in [0.5, 0.6) is 0 Å². The van der Waals surface area contributed by atoms with Crippen LogP contribution >= 0.6 is 0 Å². The molecule has 98 valence electrons. The summed E-state index contributed by atoms with van der Waals surface area (Å²) in [5.74, 6) is 0. The average molecular weight is 254 g/mol. The van der Waals surface area contributed by atoms with Crippen LogP contribution in [0.4, 0.5) is 0 Å². The highest BCUT2D eigenvalue weighted by atomic mass is 15.4. The van der Waals surface area contributed by atoms with Gasteiger partial charge in [-0.1, -0.05) is 45.0 Å².